The van der Waals surface area contributed by atoms with E-state index in [1.165, 1.54) is 63.6 Å². The van der Waals surface area contributed by atoms with Gasteiger partial charge in [-0.3, -0.25) is 0 Å². The summed E-state index contributed by atoms with van der Waals surface area (Å²) in [5.74, 6) is 2.00. The van der Waals surface area contributed by atoms with Crippen LogP contribution in [0, 0.1) is 0 Å². The third-order valence-corrected chi connectivity index (χ3v) is 10.7. The minimum atomic E-state index is 0.664. The van der Waals surface area contributed by atoms with E-state index in [2.05, 4.69) is 127 Å². The lowest BCUT2D eigenvalue weighted by Gasteiger charge is -2.12. The summed E-state index contributed by atoms with van der Waals surface area (Å²) in [6.45, 7) is 0. The third kappa shape index (κ3) is 4.53. The molecule has 0 bridgehead atoms. The van der Waals surface area contributed by atoms with Crippen LogP contribution in [0.5, 0.6) is 0 Å². The van der Waals surface area contributed by atoms with E-state index < -0.39 is 0 Å². The molecule has 2 aromatic heterocycles. The molecule has 0 saturated heterocycles. The summed E-state index contributed by atoms with van der Waals surface area (Å²) < 4.78 is 2.47. The molecular weight excluding hydrogens is 615 g/mol. The molecule has 0 atom stereocenters. The van der Waals surface area contributed by atoms with Gasteiger partial charge in [0.2, 0.25) is 0 Å². The maximum Gasteiger partial charge on any atom is 0.164 e. The highest BCUT2D eigenvalue weighted by atomic mass is 32.1. The van der Waals surface area contributed by atoms with Gasteiger partial charge in [-0.15, -0.1) is 11.3 Å². The van der Waals surface area contributed by atoms with E-state index >= 15 is 0 Å². The lowest BCUT2D eigenvalue weighted by atomic mass is 9.92. The van der Waals surface area contributed by atoms with Gasteiger partial charge in [-0.25, -0.2) is 15.0 Å². The largest absolute Gasteiger partial charge is 0.208 e. The molecule has 8 aromatic carbocycles. The van der Waals surface area contributed by atoms with E-state index in [0.29, 0.717) is 17.5 Å². The monoisotopic (exact) mass is 641 g/mol. The summed E-state index contributed by atoms with van der Waals surface area (Å²) in [5.41, 5.74) is 5.38. The standard InChI is InChI=1S/C45H27N3S/c1-3-13-28(14-4-1)43-46-44(29-15-5-2-6-16-29)48-45(47-43)38-23-12-24-40-41(38)37-22-11-21-31(42(37)49-40)30-25-26-36-34-19-8-7-17-32(34)33-18-9-10-20-35(33)39(36)27-30/h1-27H. The number of aromatic nitrogens is 3. The Kier molecular flexibility index (Phi) is 6.36. The number of thiophene rings is 1. The topological polar surface area (TPSA) is 38.7 Å². The van der Waals surface area contributed by atoms with Gasteiger partial charge in [-0.1, -0.05) is 152 Å². The van der Waals surface area contributed by atoms with Gasteiger partial charge >= 0.3 is 0 Å². The number of hydrogen-bond acceptors (Lipinski definition) is 4. The lowest BCUT2D eigenvalue weighted by Crippen LogP contribution is -2.00. The Morgan fingerprint density at radius 2 is 0.816 bits per heavy atom. The molecule has 10 aromatic rings. The first-order valence-electron chi connectivity index (χ1n) is 16.5. The molecular formula is C45H27N3S. The van der Waals surface area contributed by atoms with Crippen molar-refractivity contribution in [2.45, 2.75) is 0 Å². The van der Waals surface area contributed by atoms with Gasteiger partial charge in [-0.05, 0) is 55.6 Å². The molecule has 0 fully saturated rings. The number of benzene rings is 8. The predicted octanol–water partition coefficient (Wildman–Crippen LogP) is 12.4. The van der Waals surface area contributed by atoms with E-state index in [9.17, 15) is 0 Å². The van der Waals surface area contributed by atoms with E-state index in [1.807, 2.05) is 47.7 Å². The van der Waals surface area contributed by atoms with Crippen LogP contribution < -0.4 is 0 Å². The van der Waals surface area contributed by atoms with Crippen LogP contribution in [0.2, 0.25) is 0 Å². The smallest absolute Gasteiger partial charge is 0.164 e. The van der Waals surface area contributed by atoms with Crippen LogP contribution in [0.1, 0.15) is 0 Å². The van der Waals surface area contributed by atoms with Crippen molar-refractivity contribution < 1.29 is 0 Å². The summed E-state index contributed by atoms with van der Waals surface area (Å²) in [7, 11) is 0. The second kappa shape index (κ2) is 11.2. The molecule has 10 rings (SSSR count). The molecule has 228 valence electrons. The van der Waals surface area contributed by atoms with Crippen molar-refractivity contribution in [1.29, 1.82) is 0 Å². The zero-order valence-electron chi connectivity index (χ0n) is 26.3. The summed E-state index contributed by atoms with van der Waals surface area (Å²) in [6.07, 6.45) is 0. The molecule has 0 N–H and O–H groups in total. The van der Waals surface area contributed by atoms with Crippen molar-refractivity contribution in [1.82, 2.24) is 15.0 Å². The molecule has 0 aliphatic carbocycles. The van der Waals surface area contributed by atoms with E-state index in [-0.39, 0.29) is 0 Å². The van der Waals surface area contributed by atoms with Crippen molar-refractivity contribution in [3.8, 4) is 45.3 Å². The fraction of sp³-hybridized carbons (Fsp3) is 0. The van der Waals surface area contributed by atoms with E-state index in [0.717, 1.165) is 16.7 Å². The number of nitrogens with zero attached hydrogens (tertiary/aromatic N) is 3. The number of hydrogen-bond donors (Lipinski definition) is 0. The molecule has 0 aliphatic heterocycles. The highest BCUT2D eigenvalue weighted by Gasteiger charge is 2.19. The second-order valence-corrected chi connectivity index (χ2v) is 13.4. The van der Waals surface area contributed by atoms with Crippen LogP contribution in [0.15, 0.2) is 164 Å². The summed E-state index contributed by atoms with van der Waals surface area (Å²) in [5, 5.41) is 10.1. The van der Waals surface area contributed by atoms with Gasteiger partial charge in [0.25, 0.3) is 0 Å². The Morgan fingerprint density at radius 3 is 1.45 bits per heavy atom. The zero-order chi connectivity index (χ0) is 32.3. The first-order valence-corrected chi connectivity index (χ1v) is 17.3. The van der Waals surface area contributed by atoms with E-state index in [1.54, 1.807) is 0 Å². The van der Waals surface area contributed by atoms with Crippen molar-refractivity contribution >= 4 is 63.8 Å². The van der Waals surface area contributed by atoms with Crippen molar-refractivity contribution in [2.75, 3.05) is 0 Å². The summed E-state index contributed by atoms with van der Waals surface area (Å²) >= 11 is 1.83. The Balaban J connectivity index is 1.20. The molecule has 4 heteroatoms. The zero-order valence-corrected chi connectivity index (χ0v) is 27.2. The molecule has 0 radical (unpaired) electrons. The molecule has 0 amide bonds. The van der Waals surface area contributed by atoms with Crippen molar-refractivity contribution in [3.63, 3.8) is 0 Å². The Bertz CT molecular complexity index is 2780. The maximum absolute atomic E-state index is 5.09. The highest BCUT2D eigenvalue weighted by molar-refractivity contribution is 7.26. The van der Waals surface area contributed by atoms with Gasteiger partial charge in [0, 0.05) is 36.9 Å². The molecule has 49 heavy (non-hydrogen) atoms. The molecule has 0 spiro atoms. The average molecular weight is 642 g/mol. The second-order valence-electron chi connectivity index (χ2n) is 12.4. The Morgan fingerprint density at radius 1 is 0.327 bits per heavy atom. The fourth-order valence-electron chi connectivity index (χ4n) is 7.27. The fourth-order valence-corrected chi connectivity index (χ4v) is 8.53. The van der Waals surface area contributed by atoms with Crippen molar-refractivity contribution in [3.05, 3.63) is 164 Å². The molecule has 2 heterocycles. The van der Waals surface area contributed by atoms with Crippen LogP contribution in [0.25, 0.3) is 97.8 Å². The predicted molar refractivity (Wildman–Crippen MR) is 207 cm³/mol. The van der Waals surface area contributed by atoms with Crippen LogP contribution in [0.4, 0.5) is 0 Å². The average Bonchev–Trinajstić information content (AvgIpc) is 3.58. The minimum absolute atomic E-state index is 0.664. The first kappa shape index (κ1) is 27.8. The van der Waals surface area contributed by atoms with Crippen LogP contribution in [-0.4, -0.2) is 15.0 Å². The first-order chi connectivity index (χ1) is 24.3. The van der Waals surface area contributed by atoms with Gasteiger partial charge in [0.05, 0.1) is 0 Å². The Hall–Kier alpha value is -6.23. The van der Waals surface area contributed by atoms with E-state index in [4.69, 9.17) is 15.0 Å². The molecule has 0 saturated carbocycles. The van der Waals surface area contributed by atoms with Gasteiger partial charge in [0.1, 0.15) is 0 Å². The molecule has 3 nitrogen and oxygen atoms in total. The number of rotatable bonds is 4. The van der Waals surface area contributed by atoms with Gasteiger partial charge in [0.15, 0.2) is 17.5 Å². The maximum atomic E-state index is 5.09. The SMILES string of the molecule is c1ccc(-c2nc(-c3ccccc3)nc(-c3cccc4sc5c(-c6ccc7c8ccccc8c8ccccc8c7c6)cccc5c34)n2)cc1. The quantitative estimate of drug-likeness (QED) is 0.180. The highest BCUT2D eigenvalue weighted by Crippen LogP contribution is 2.45. The molecule has 0 aliphatic rings. The third-order valence-electron chi connectivity index (χ3n) is 9.52. The normalized spacial score (nSPS) is 11.7. The van der Waals surface area contributed by atoms with Gasteiger partial charge in [-0.2, -0.15) is 0 Å². The summed E-state index contributed by atoms with van der Waals surface area (Å²) in [4.78, 5) is 15.1. The van der Waals surface area contributed by atoms with Crippen LogP contribution in [0.3, 0.4) is 0 Å². The lowest BCUT2D eigenvalue weighted by molar-refractivity contribution is 1.08. The van der Waals surface area contributed by atoms with Crippen molar-refractivity contribution in [2.24, 2.45) is 0 Å². The van der Waals surface area contributed by atoms with Crippen LogP contribution in [-0.2, 0) is 0 Å². The van der Waals surface area contributed by atoms with Crippen LogP contribution >= 0.6 is 11.3 Å². The summed E-state index contributed by atoms with van der Waals surface area (Å²) in [6, 6.07) is 58.0. The number of fused-ring (bicyclic) bond motifs is 9. The Labute approximate surface area is 286 Å². The molecule has 0 unspecified atom stereocenters. The van der Waals surface area contributed by atoms with Gasteiger partial charge < -0.3 is 0 Å². The minimum Gasteiger partial charge on any atom is -0.208 e.